The Balaban J connectivity index is 1.62. The highest BCUT2D eigenvalue weighted by Crippen LogP contribution is 2.47. The summed E-state index contributed by atoms with van der Waals surface area (Å²) in [5, 5.41) is 55.7. The number of phenols is 1. The van der Waals surface area contributed by atoms with Crippen molar-refractivity contribution >= 4 is 84.9 Å². The lowest BCUT2D eigenvalue weighted by Gasteiger charge is -2.15. The van der Waals surface area contributed by atoms with Crippen molar-refractivity contribution in [3.05, 3.63) is 72.3 Å². The molecule has 254 valence electrons. The van der Waals surface area contributed by atoms with Gasteiger partial charge in [0.1, 0.15) is 0 Å². The van der Waals surface area contributed by atoms with E-state index in [9.17, 15) is 41.8 Å². The van der Waals surface area contributed by atoms with Crippen LogP contribution in [-0.2, 0) is 30.9 Å². The number of carbonyl (C=O) groups is 1. The molecular weight excluding hydrogens is 715 g/mol. The van der Waals surface area contributed by atoms with E-state index in [0.717, 1.165) is 18.2 Å². The van der Waals surface area contributed by atoms with Gasteiger partial charge in [-0.3, -0.25) is 9.11 Å². The summed E-state index contributed by atoms with van der Waals surface area (Å²) < 4.78 is 64.5. The topological polar surface area (TPSA) is 305 Å². The lowest BCUT2D eigenvalue weighted by Crippen LogP contribution is -2.07. The lowest BCUT2D eigenvalue weighted by molar-refractivity contribution is -0.432. The second-order valence-electron chi connectivity index (χ2n) is 9.22. The number of carboxylic acids is 1. The first-order chi connectivity index (χ1) is 23.3. The average molecular weight is 734 g/mol. The standard InChI is InChI=1S/C26H19N7O13S3/c34-22-20-12(10-19(44-48(39)40)21(22)33-32-13-5-7-14(8-6-13)47-46-45-38)9-15(49(41,42)43)11-18(20)28-25-29-24(30-26(37)31-25)27-17-4-2-1-3-16(17)23(35)36/h1-11,34,38H,(H,35,36)(H,39,40)(H,41,42,43)(H3,27,28,29,30,31,37)/b33-32+. The number of aromatic nitrogens is 3. The monoisotopic (exact) mass is 733 g/mol. The van der Waals surface area contributed by atoms with Crippen LogP contribution in [0.5, 0.6) is 17.5 Å². The summed E-state index contributed by atoms with van der Waals surface area (Å²) in [6.45, 7) is 0. The summed E-state index contributed by atoms with van der Waals surface area (Å²) in [5.41, 5.74) is -0.704. The summed E-state index contributed by atoms with van der Waals surface area (Å²) in [4.78, 5) is 22.9. The number of hydrogen-bond acceptors (Lipinski definition) is 18. The maximum Gasteiger partial charge on any atom is 0.357 e. The molecule has 1 aromatic heterocycles. The van der Waals surface area contributed by atoms with Crippen LogP contribution in [0.25, 0.3) is 10.8 Å². The Hall–Kier alpha value is -5.53. The van der Waals surface area contributed by atoms with Gasteiger partial charge in [0.25, 0.3) is 10.1 Å². The Morgan fingerprint density at radius 1 is 0.918 bits per heavy atom. The fourth-order valence-electron chi connectivity index (χ4n) is 4.17. The summed E-state index contributed by atoms with van der Waals surface area (Å²) in [6, 6.07) is 13.6. The third-order valence-electron chi connectivity index (χ3n) is 6.12. The summed E-state index contributed by atoms with van der Waals surface area (Å²) in [7, 11) is -4.91. The highest BCUT2D eigenvalue weighted by atomic mass is 32.2. The Morgan fingerprint density at radius 2 is 1.59 bits per heavy atom. The van der Waals surface area contributed by atoms with Gasteiger partial charge >= 0.3 is 23.3 Å². The van der Waals surface area contributed by atoms with Crippen LogP contribution in [0.1, 0.15) is 10.4 Å². The minimum Gasteiger partial charge on any atom is -0.505 e. The van der Waals surface area contributed by atoms with Crippen LogP contribution in [0, 0.1) is 0 Å². The van der Waals surface area contributed by atoms with Gasteiger partial charge in [-0.25, -0.2) is 10.1 Å². The molecule has 0 aliphatic rings. The van der Waals surface area contributed by atoms with E-state index in [1.54, 1.807) is 0 Å². The second kappa shape index (κ2) is 14.7. The lowest BCUT2D eigenvalue weighted by atomic mass is 10.1. The van der Waals surface area contributed by atoms with Crippen molar-refractivity contribution in [3.63, 3.8) is 0 Å². The molecule has 1 unspecified atom stereocenters. The first kappa shape index (κ1) is 34.8. The molecule has 1 atom stereocenters. The molecule has 0 saturated heterocycles. The molecule has 0 saturated carbocycles. The minimum atomic E-state index is -4.91. The van der Waals surface area contributed by atoms with E-state index in [1.807, 2.05) is 0 Å². The van der Waals surface area contributed by atoms with Crippen LogP contribution in [0.3, 0.4) is 0 Å². The minimum absolute atomic E-state index is 0.0488. The second-order valence-corrected chi connectivity index (χ2v) is 12.0. The molecule has 1 heterocycles. The Bertz CT molecular complexity index is 2220. The zero-order valence-electron chi connectivity index (χ0n) is 23.9. The number of rotatable bonds is 13. The van der Waals surface area contributed by atoms with Crippen LogP contribution in [0.4, 0.5) is 34.6 Å². The molecular formula is C26H19N7O13S3. The van der Waals surface area contributed by atoms with Crippen LogP contribution in [0.2, 0.25) is 0 Å². The van der Waals surface area contributed by atoms with Gasteiger partial charge in [-0.15, -0.1) is 9.45 Å². The fourth-order valence-corrected chi connectivity index (χ4v) is 5.35. The van der Waals surface area contributed by atoms with E-state index in [2.05, 4.69) is 45.2 Å². The van der Waals surface area contributed by atoms with Gasteiger partial charge in [0.05, 0.1) is 39.6 Å². The number of nitrogens with zero attached hydrogens (tertiary/aromatic N) is 5. The maximum atomic E-state index is 12.2. The van der Waals surface area contributed by atoms with Crippen molar-refractivity contribution in [1.82, 2.24) is 15.0 Å². The van der Waals surface area contributed by atoms with Gasteiger partial charge < -0.3 is 30.1 Å². The summed E-state index contributed by atoms with van der Waals surface area (Å²) in [6.07, 6.45) is 0. The highest BCUT2D eigenvalue weighted by Gasteiger charge is 2.23. The third kappa shape index (κ3) is 8.50. The smallest absolute Gasteiger partial charge is 0.357 e. The molecule has 20 nitrogen and oxygen atoms in total. The Kier molecular flexibility index (Phi) is 10.4. The van der Waals surface area contributed by atoms with Crippen LogP contribution < -0.4 is 14.8 Å². The Morgan fingerprint density at radius 3 is 2.22 bits per heavy atom. The molecule has 0 amide bonds. The maximum absolute atomic E-state index is 12.2. The van der Waals surface area contributed by atoms with Crippen LogP contribution in [0.15, 0.2) is 86.7 Å². The molecule has 49 heavy (non-hydrogen) atoms. The number of phenolic OH excluding ortho intramolecular Hbond substituents is 1. The van der Waals surface area contributed by atoms with Gasteiger partial charge in [-0.1, -0.05) is 17.2 Å². The van der Waals surface area contributed by atoms with Crippen molar-refractivity contribution in [2.24, 2.45) is 10.2 Å². The number of aromatic hydroxyl groups is 2. The zero-order chi connectivity index (χ0) is 35.3. The number of benzene rings is 4. The quantitative estimate of drug-likeness (QED) is 0.0192. The van der Waals surface area contributed by atoms with E-state index in [4.69, 9.17) is 9.44 Å². The molecule has 0 spiro atoms. The number of fused-ring (bicyclic) bond motifs is 1. The van der Waals surface area contributed by atoms with Gasteiger partial charge in [0.2, 0.25) is 11.9 Å². The first-order valence-electron chi connectivity index (χ1n) is 12.9. The number of carboxylic acid groups (broad SMARTS) is 1. The van der Waals surface area contributed by atoms with Crippen molar-refractivity contribution < 1.29 is 60.7 Å². The van der Waals surface area contributed by atoms with Crippen molar-refractivity contribution in [1.29, 1.82) is 0 Å². The number of azo groups is 1. The van der Waals surface area contributed by atoms with Crippen molar-refractivity contribution in [3.8, 4) is 17.5 Å². The Labute approximate surface area is 280 Å². The summed E-state index contributed by atoms with van der Waals surface area (Å²) >= 11 is -2.29. The zero-order valence-corrected chi connectivity index (χ0v) is 26.3. The van der Waals surface area contributed by atoms with E-state index in [0.29, 0.717) is 16.9 Å². The molecule has 5 aromatic rings. The van der Waals surface area contributed by atoms with Gasteiger partial charge in [0.15, 0.2) is 17.2 Å². The molecule has 23 heteroatoms. The predicted molar refractivity (Wildman–Crippen MR) is 170 cm³/mol. The highest BCUT2D eigenvalue weighted by molar-refractivity contribution is 7.94. The molecule has 0 aliphatic heterocycles. The number of para-hydroxylation sites is 1. The summed E-state index contributed by atoms with van der Waals surface area (Å²) in [5.74, 6) is -3.37. The molecule has 0 radical (unpaired) electrons. The molecule has 8 N–H and O–H groups in total. The van der Waals surface area contributed by atoms with Gasteiger partial charge in [-0.05, 0) is 60.0 Å². The molecule has 0 fully saturated rings. The normalized spacial score (nSPS) is 12.2. The number of hydrogen-bond donors (Lipinski definition) is 8. The van der Waals surface area contributed by atoms with Crippen molar-refractivity contribution in [2.75, 3.05) is 10.6 Å². The molecule has 0 bridgehead atoms. The van der Waals surface area contributed by atoms with Gasteiger partial charge in [0, 0.05) is 10.3 Å². The van der Waals surface area contributed by atoms with Crippen LogP contribution in [-0.4, -0.2) is 63.2 Å². The van der Waals surface area contributed by atoms with E-state index in [1.165, 1.54) is 48.5 Å². The van der Waals surface area contributed by atoms with Crippen LogP contribution >= 0.6 is 12.0 Å². The number of anilines is 4. The third-order valence-corrected chi connectivity index (χ3v) is 7.87. The predicted octanol–water partition coefficient (Wildman–Crippen LogP) is 5.23. The van der Waals surface area contributed by atoms with E-state index in [-0.39, 0.29) is 39.3 Å². The first-order valence-corrected chi connectivity index (χ1v) is 16.1. The fraction of sp³-hybridized carbons (Fsp3) is 0. The number of nitrogens with one attached hydrogen (secondary N) is 2. The SMILES string of the molecule is O=C(O)c1ccccc1Nc1nc(O)nc(Nc2cc(S(=O)(=O)O)cc3cc(OS(=O)O)c(/N=N/c4ccc(SOOO)cc4)c(O)c23)n1. The largest absolute Gasteiger partial charge is 0.505 e. The van der Waals surface area contributed by atoms with Crippen molar-refractivity contribution in [2.45, 2.75) is 9.79 Å². The molecule has 5 rings (SSSR count). The number of aromatic carboxylic acids is 1. The molecule has 4 aromatic carbocycles. The van der Waals surface area contributed by atoms with E-state index >= 15 is 0 Å². The molecule has 0 aliphatic carbocycles. The van der Waals surface area contributed by atoms with Gasteiger partial charge in [-0.2, -0.15) is 32.7 Å². The average Bonchev–Trinajstić information content (AvgIpc) is 3.03. The van der Waals surface area contributed by atoms with E-state index < -0.39 is 61.5 Å².